The number of aliphatic carboxylic acids is 1. The normalized spacial score (nSPS) is 17.6. The van der Waals surface area contributed by atoms with Crippen molar-refractivity contribution in [3.63, 3.8) is 0 Å². The Balaban J connectivity index is 1.60. The van der Waals surface area contributed by atoms with Gasteiger partial charge in [0.25, 0.3) is 5.91 Å². The number of nitrogens with one attached hydrogen (secondary N) is 1. The lowest BCUT2D eigenvalue weighted by Crippen LogP contribution is -2.34. The van der Waals surface area contributed by atoms with Crippen LogP contribution in [0.15, 0.2) is 89.9 Å². The number of para-hydroxylation sites is 1. The molecule has 4 rings (SSSR count). The van der Waals surface area contributed by atoms with Gasteiger partial charge in [0.15, 0.2) is 12.2 Å². The summed E-state index contributed by atoms with van der Waals surface area (Å²) in [5, 5.41) is 13.3. The lowest BCUT2D eigenvalue weighted by molar-refractivity contribution is -0.139. The third-order valence-corrected chi connectivity index (χ3v) is 6.79. The summed E-state index contributed by atoms with van der Waals surface area (Å²) < 4.78 is 14.1. The molecule has 38 heavy (non-hydrogen) atoms. The highest BCUT2D eigenvalue weighted by Gasteiger charge is 2.27. The predicted octanol–water partition coefficient (Wildman–Crippen LogP) is 4.27. The molecule has 198 valence electrons. The molecule has 3 unspecified atom stereocenters. The third kappa shape index (κ3) is 7.04. The van der Waals surface area contributed by atoms with Crippen LogP contribution in [0.4, 0.5) is 10.1 Å². The maximum atomic E-state index is 14.1. The van der Waals surface area contributed by atoms with Crippen LogP contribution in [0.1, 0.15) is 36.0 Å². The van der Waals surface area contributed by atoms with Crippen LogP contribution in [0.25, 0.3) is 0 Å². The topological polar surface area (TPSA) is 108 Å². The van der Waals surface area contributed by atoms with E-state index in [1.807, 2.05) is 60.7 Å². The highest BCUT2D eigenvalue weighted by molar-refractivity contribution is 6.16. The minimum absolute atomic E-state index is 0.343. The van der Waals surface area contributed by atoms with Gasteiger partial charge in [-0.3, -0.25) is 14.7 Å². The average Bonchev–Trinajstić information content (AvgIpc) is 3.37. The van der Waals surface area contributed by atoms with E-state index < -0.39 is 30.5 Å². The van der Waals surface area contributed by atoms with Crippen molar-refractivity contribution in [2.45, 2.75) is 44.1 Å². The maximum Gasteiger partial charge on any atom is 0.328 e. The van der Waals surface area contributed by atoms with Gasteiger partial charge in [-0.05, 0) is 31.0 Å². The lowest BCUT2D eigenvalue weighted by atomic mass is 9.99. The SMILES string of the molecule is NC(=O)C(F)CC(N=C(c1ccccc1)c1ccccc1NCC1CCCN1Cc1ccccc1)C(=O)O. The van der Waals surface area contributed by atoms with E-state index in [0.717, 1.165) is 31.6 Å². The summed E-state index contributed by atoms with van der Waals surface area (Å²) >= 11 is 0. The zero-order valence-corrected chi connectivity index (χ0v) is 21.2. The molecule has 0 aromatic heterocycles. The number of rotatable bonds is 12. The van der Waals surface area contributed by atoms with E-state index >= 15 is 0 Å². The molecule has 1 heterocycles. The number of nitrogens with zero attached hydrogens (tertiary/aromatic N) is 2. The van der Waals surface area contributed by atoms with E-state index in [0.29, 0.717) is 29.4 Å². The summed E-state index contributed by atoms with van der Waals surface area (Å²) in [5.74, 6) is -2.53. The summed E-state index contributed by atoms with van der Waals surface area (Å²) in [6.07, 6.45) is -0.536. The molecule has 0 saturated carbocycles. The summed E-state index contributed by atoms with van der Waals surface area (Å²) in [4.78, 5) is 30.2. The molecular weight excluding hydrogens is 483 g/mol. The number of aliphatic imine (C=N–C) groups is 1. The molecule has 3 atom stereocenters. The van der Waals surface area contributed by atoms with Crippen LogP contribution >= 0.6 is 0 Å². The number of primary amides is 1. The van der Waals surface area contributed by atoms with Crippen molar-refractivity contribution in [3.05, 3.63) is 102 Å². The number of hydrogen-bond acceptors (Lipinski definition) is 5. The molecule has 3 aromatic carbocycles. The van der Waals surface area contributed by atoms with Crippen LogP contribution in [0, 0.1) is 0 Å². The van der Waals surface area contributed by atoms with Gasteiger partial charge in [0.05, 0.1) is 5.71 Å². The number of carbonyl (C=O) groups excluding carboxylic acids is 1. The lowest BCUT2D eigenvalue weighted by Gasteiger charge is -2.26. The second kappa shape index (κ2) is 13.0. The van der Waals surface area contributed by atoms with E-state index in [4.69, 9.17) is 5.73 Å². The van der Waals surface area contributed by atoms with Gasteiger partial charge in [-0.2, -0.15) is 0 Å². The van der Waals surface area contributed by atoms with Gasteiger partial charge in [0, 0.05) is 42.4 Å². The zero-order valence-electron chi connectivity index (χ0n) is 21.2. The van der Waals surface area contributed by atoms with Crippen molar-refractivity contribution in [2.75, 3.05) is 18.4 Å². The monoisotopic (exact) mass is 516 g/mol. The molecule has 0 bridgehead atoms. The van der Waals surface area contributed by atoms with Gasteiger partial charge in [-0.25, -0.2) is 9.18 Å². The molecule has 7 nitrogen and oxygen atoms in total. The zero-order chi connectivity index (χ0) is 26.9. The van der Waals surface area contributed by atoms with E-state index in [2.05, 4.69) is 39.5 Å². The predicted molar refractivity (Wildman–Crippen MR) is 147 cm³/mol. The Labute approximate surface area is 222 Å². The second-order valence-electron chi connectivity index (χ2n) is 9.48. The summed E-state index contributed by atoms with van der Waals surface area (Å²) in [6.45, 7) is 2.63. The van der Waals surface area contributed by atoms with Crippen LogP contribution in [-0.4, -0.2) is 58.9 Å². The fraction of sp³-hybridized carbons (Fsp3) is 0.300. The fourth-order valence-corrected chi connectivity index (χ4v) is 4.80. The maximum absolute atomic E-state index is 14.1. The number of carbonyl (C=O) groups is 2. The Hall–Kier alpha value is -4.04. The van der Waals surface area contributed by atoms with E-state index in [9.17, 15) is 19.1 Å². The largest absolute Gasteiger partial charge is 0.480 e. The number of benzene rings is 3. The number of alkyl halides is 1. The minimum atomic E-state index is -2.11. The smallest absolute Gasteiger partial charge is 0.328 e. The van der Waals surface area contributed by atoms with E-state index in [1.54, 1.807) is 0 Å². The van der Waals surface area contributed by atoms with Gasteiger partial charge in [0.1, 0.15) is 0 Å². The number of halogens is 1. The summed E-state index contributed by atoms with van der Waals surface area (Å²) in [5.41, 5.74) is 8.93. The number of amides is 1. The van der Waals surface area contributed by atoms with Crippen LogP contribution in [0.5, 0.6) is 0 Å². The molecule has 1 amide bonds. The molecule has 1 saturated heterocycles. The first-order chi connectivity index (χ1) is 18.4. The number of hydrogen-bond donors (Lipinski definition) is 3. The quantitative estimate of drug-likeness (QED) is 0.312. The van der Waals surface area contributed by atoms with Crippen molar-refractivity contribution >= 4 is 23.3 Å². The summed E-state index contributed by atoms with van der Waals surface area (Å²) in [6, 6.07) is 26.0. The summed E-state index contributed by atoms with van der Waals surface area (Å²) in [7, 11) is 0. The van der Waals surface area contributed by atoms with Gasteiger partial charge >= 0.3 is 5.97 Å². The van der Waals surface area contributed by atoms with Crippen LogP contribution in [0.2, 0.25) is 0 Å². The first-order valence-corrected chi connectivity index (χ1v) is 12.8. The van der Waals surface area contributed by atoms with Crippen molar-refractivity contribution in [1.82, 2.24) is 4.90 Å². The molecule has 8 heteroatoms. The van der Waals surface area contributed by atoms with Crippen LogP contribution in [-0.2, 0) is 16.1 Å². The van der Waals surface area contributed by atoms with Gasteiger partial charge in [-0.1, -0.05) is 78.9 Å². The number of likely N-dealkylation sites (tertiary alicyclic amines) is 1. The first-order valence-electron chi connectivity index (χ1n) is 12.8. The number of carboxylic acid groups (broad SMARTS) is 1. The molecule has 0 aliphatic carbocycles. The van der Waals surface area contributed by atoms with Crippen molar-refractivity contribution in [3.8, 4) is 0 Å². The van der Waals surface area contributed by atoms with Crippen molar-refractivity contribution < 1.29 is 19.1 Å². The number of anilines is 1. The molecule has 1 aliphatic rings. The standard InChI is InChI=1S/C30H33FN4O3/c31-25(29(32)36)18-27(30(37)38)34-28(22-12-5-2-6-13-22)24-15-7-8-16-26(24)33-19-23-14-9-17-35(23)20-21-10-3-1-4-11-21/h1-8,10-13,15-16,23,25,27,33H,9,14,17-20H2,(H2,32,36)(H,37,38). The Morgan fingerprint density at radius 1 is 1.03 bits per heavy atom. The molecular formula is C30H33FN4O3. The fourth-order valence-electron chi connectivity index (χ4n) is 4.80. The molecule has 0 spiro atoms. The molecule has 0 radical (unpaired) electrons. The second-order valence-corrected chi connectivity index (χ2v) is 9.48. The Morgan fingerprint density at radius 2 is 1.68 bits per heavy atom. The van der Waals surface area contributed by atoms with Crippen molar-refractivity contribution in [2.24, 2.45) is 10.7 Å². The Kier molecular flexibility index (Phi) is 9.21. The van der Waals surface area contributed by atoms with Crippen LogP contribution < -0.4 is 11.1 Å². The third-order valence-electron chi connectivity index (χ3n) is 6.79. The molecule has 1 aliphatic heterocycles. The van der Waals surface area contributed by atoms with Gasteiger partial charge in [-0.15, -0.1) is 0 Å². The molecule has 4 N–H and O–H groups in total. The number of carboxylic acids is 1. The van der Waals surface area contributed by atoms with Crippen molar-refractivity contribution in [1.29, 1.82) is 0 Å². The van der Waals surface area contributed by atoms with E-state index in [-0.39, 0.29) is 0 Å². The highest BCUT2D eigenvalue weighted by atomic mass is 19.1. The first kappa shape index (κ1) is 27.0. The number of nitrogens with two attached hydrogens (primary N) is 1. The minimum Gasteiger partial charge on any atom is -0.480 e. The highest BCUT2D eigenvalue weighted by Crippen LogP contribution is 2.25. The van der Waals surface area contributed by atoms with Gasteiger partial charge in [0.2, 0.25) is 0 Å². The van der Waals surface area contributed by atoms with Crippen LogP contribution in [0.3, 0.4) is 0 Å². The molecule has 1 fully saturated rings. The Morgan fingerprint density at radius 3 is 2.37 bits per heavy atom. The van der Waals surface area contributed by atoms with E-state index in [1.165, 1.54) is 5.56 Å². The average molecular weight is 517 g/mol. The van der Waals surface area contributed by atoms with Gasteiger partial charge < -0.3 is 16.2 Å². The Bertz CT molecular complexity index is 1250. The molecule has 3 aromatic rings.